The molecule has 0 bridgehead atoms. The third kappa shape index (κ3) is 5.62. The van der Waals surface area contributed by atoms with Crippen LogP contribution >= 0.6 is 11.6 Å². The third-order valence-electron chi connectivity index (χ3n) is 3.97. The van der Waals surface area contributed by atoms with E-state index in [1.165, 1.54) is 42.3 Å². The van der Waals surface area contributed by atoms with Gasteiger partial charge in [-0.25, -0.2) is 8.42 Å². The van der Waals surface area contributed by atoms with E-state index in [1.807, 2.05) is 0 Å². The molecule has 0 saturated carbocycles. The number of nitrogens with one attached hydrogen (secondary N) is 1. The van der Waals surface area contributed by atoms with Crippen LogP contribution < -0.4 is 10.2 Å². The highest BCUT2D eigenvalue weighted by molar-refractivity contribution is 7.89. The van der Waals surface area contributed by atoms with Gasteiger partial charge in [0.05, 0.1) is 28.4 Å². The Balaban J connectivity index is 2.22. The lowest BCUT2D eigenvalue weighted by Gasteiger charge is -2.21. The van der Waals surface area contributed by atoms with E-state index in [9.17, 15) is 26.4 Å². The number of amides is 1. The molecule has 1 N–H and O–H groups in total. The first-order chi connectivity index (χ1) is 13.3. The van der Waals surface area contributed by atoms with E-state index in [0.29, 0.717) is 10.7 Å². The summed E-state index contributed by atoms with van der Waals surface area (Å²) >= 11 is 5.74. The van der Waals surface area contributed by atoms with Crippen molar-refractivity contribution in [3.05, 3.63) is 53.1 Å². The van der Waals surface area contributed by atoms with Crippen molar-refractivity contribution in [2.45, 2.75) is 11.1 Å². The Hall–Kier alpha value is -2.30. The molecule has 0 heterocycles. The van der Waals surface area contributed by atoms with Gasteiger partial charge in [0.2, 0.25) is 15.9 Å². The number of likely N-dealkylation sites (N-methyl/N-ethyl adjacent to an activating group) is 1. The zero-order valence-electron chi connectivity index (χ0n) is 15.8. The number of halogens is 4. The lowest BCUT2D eigenvalue weighted by atomic mass is 10.1. The number of benzene rings is 2. The fourth-order valence-electron chi connectivity index (χ4n) is 2.47. The summed E-state index contributed by atoms with van der Waals surface area (Å²) < 4.78 is 64.9. The smallest absolute Gasteiger partial charge is 0.376 e. The van der Waals surface area contributed by atoms with Crippen LogP contribution in [0.3, 0.4) is 0 Å². The van der Waals surface area contributed by atoms with E-state index in [2.05, 4.69) is 5.32 Å². The van der Waals surface area contributed by atoms with Gasteiger partial charge in [0.15, 0.2) is 0 Å². The van der Waals surface area contributed by atoms with E-state index in [-0.39, 0.29) is 10.6 Å². The molecule has 0 aromatic heterocycles. The number of sulfonamides is 1. The van der Waals surface area contributed by atoms with Crippen LogP contribution in [0.15, 0.2) is 47.4 Å². The number of rotatable bonds is 6. The minimum absolute atomic E-state index is 0.0646. The van der Waals surface area contributed by atoms with Gasteiger partial charge in [-0.3, -0.25) is 4.79 Å². The van der Waals surface area contributed by atoms with Crippen molar-refractivity contribution >= 4 is 38.9 Å². The maximum absolute atomic E-state index is 13.0. The Bertz CT molecular complexity index is 994. The maximum atomic E-state index is 13.0. The molecule has 0 radical (unpaired) electrons. The molecule has 6 nitrogen and oxygen atoms in total. The summed E-state index contributed by atoms with van der Waals surface area (Å²) in [6.07, 6.45) is -4.58. The van der Waals surface area contributed by atoms with E-state index in [4.69, 9.17) is 11.6 Å². The Kier molecular flexibility index (Phi) is 6.82. The van der Waals surface area contributed by atoms with E-state index in [1.54, 1.807) is 14.1 Å². The highest BCUT2D eigenvalue weighted by atomic mass is 35.5. The number of carbonyl (C=O) groups excluding carboxylic acids is 1. The second kappa shape index (κ2) is 8.60. The van der Waals surface area contributed by atoms with Gasteiger partial charge < -0.3 is 10.2 Å². The molecule has 0 fully saturated rings. The third-order valence-corrected chi connectivity index (χ3v) is 6.04. The average molecular weight is 450 g/mol. The predicted molar refractivity (Wildman–Crippen MR) is 106 cm³/mol. The standard InChI is InChI=1S/C18H19ClF3N3O3S/c1-24(2)16-9-4-12(18(20,21)22)10-15(16)23-17(26)11-25(3)29(27,28)14-7-5-13(19)6-8-14/h4-10H,11H2,1-3H3,(H,23,26). The monoisotopic (exact) mass is 449 g/mol. The van der Waals surface area contributed by atoms with Crippen molar-refractivity contribution in [2.75, 3.05) is 37.9 Å². The van der Waals surface area contributed by atoms with Crippen LogP contribution in [0.5, 0.6) is 0 Å². The van der Waals surface area contributed by atoms with Gasteiger partial charge in [0.25, 0.3) is 0 Å². The molecule has 0 aliphatic carbocycles. The summed E-state index contributed by atoms with van der Waals surface area (Å²) in [5.41, 5.74) is -0.665. The SMILES string of the molecule is CN(C)c1ccc(C(F)(F)F)cc1NC(=O)CN(C)S(=O)(=O)c1ccc(Cl)cc1. The van der Waals surface area contributed by atoms with Gasteiger partial charge >= 0.3 is 6.18 Å². The van der Waals surface area contributed by atoms with E-state index >= 15 is 0 Å². The number of hydrogen-bond donors (Lipinski definition) is 1. The Morgan fingerprint density at radius 1 is 1.07 bits per heavy atom. The van der Waals surface area contributed by atoms with Crippen molar-refractivity contribution < 1.29 is 26.4 Å². The van der Waals surface area contributed by atoms with E-state index in [0.717, 1.165) is 16.4 Å². The quantitative estimate of drug-likeness (QED) is 0.730. The largest absolute Gasteiger partial charge is 0.416 e. The summed E-state index contributed by atoms with van der Waals surface area (Å²) in [7, 11) is 0.432. The molecular formula is C18H19ClF3N3O3S. The van der Waals surface area contributed by atoms with Crippen LogP contribution in [-0.4, -0.2) is 46.3 Å². The van der Waals surface area contributed by atoms with Crippen LogP contribution in [-0.2, 0) is 21.0 Å². The average Bonchev–Trinajstić information content (AvgIpc) is 2.60. The summed E-state index contributed by atoms with van der Waals surface area (Å²) in [5.74, 6) is -0.785. The van der Waals surface area contributed by atoms with Gasteiger partial charge in [0.1, 0.15) is 0 Å². The number of hydrogen-bond acceptors (Lipinski definition) is 4. The molecule has 0 aliphatic rings. The number of alkyl halides is 3. The molecule has 1 amide bonds. The van der Waals surface area contributed by atoms with Gasteiger partial charge in [-0.15, -0.1) is 0 Å². The molecule has 11 heteroatoms. The molecule has 2 rings (SSSR count). The minimum atomic E-state index is -4.58. The van der Waals surface area contributed by atoms with Crippen LogP contribution in [0.2, 0.25) is 5.02 Å². The lowest BCUT2D eigenvalue weighted by molar-refractivity contribution is -0.137. The first-order valence-electron chi connectivity index (χ1n) is 8.22. The maximum Gasteiger partial charge on any atom is 0.416 e. The first-order valence-corrected chi connectivity index (χ1v) is 10.0. The minimum Gasteiger partial charge on any atom is -0.376 e. The first kappa shape index (κ1) is 23.0. The molecular weight excluding hydrogens is 431 g/mol. The summed E-state index contributed by atoms with van der Waals surface area (Å²) in [6, 6.07) is 8.32. The molecule has 0 aliphatic heterocycles. The molecule has 29 heavy (non-hydrogen) atoms. The van der Waals surface area contributed by atoms with Crippen molar-refractivity contribution in [3.63, 3.8) is 0 Å². The summed E-state index contributed by atoms with van der Waals surface area (Å²) in [6.45, 7) is -0.589. The normalized spacial score (nSPS) is 12.1. The van der Waals surface area contributed by atoms with Gasteiger partial charge in [-0.2, -0.15) is 17.5 Å². The summed E-state index contributed by atoms with van der Waals surface area (Å²) in [4.78, 5) is 13.8. The fourth-order valence-corrected chi connectivity index (χ4v) is 3.72. The number of nitrogens with zero attached hydrogens (tertiary/aromatic N) is 2. The number of carbonyl (C=O) groups is 1. The topological polar surface area (TPSA) is 69.7 Å². The molecule has 0 unspecified atom stereocenters. The van der Waals surface area contributed by atoms with E-state index < -0.39 is 34.2 Å². The highest BCUT2D eigenvalue weighted by Crippen LogP contribution is 2.35. The van der Waals surface area contributed by atoms with Gasteiger partial charge in [0, 0.05) is 26.2 Å². The molecule has 0 saturated heterocycles. The Morgan fingerprint density at radius 3 is 2.17 bits per heavy atom. The zero-order valence-corrected chi connectivity index (χ0v) is 17.4. The molecule has 0 spiro atoms. The van der Waals surface area contributed by atoms with Crippen LogP contribution in [0.25, 0.3) is 0 Å². The van der Waals surface area contributed by atoms with Crippen molar-refractivity contribution in [2.24, 2.45) is 0 Å². The van der Waals surface area contributed by atoms with Crippen LogP contribution in [0.4, 0.5) is 24.5 Å². The lowest BCUT2D eigenvalue weighted by Crippen LogP contribution is -2.35. The Labute approximate surface area is 171 Å². The second-order valence-electron chi connectivity index (χ2n) is 6.39. The molecule has 2 aromatic carbocycles. The van der Waals surface area contributed by atoms with Crippen LogP contribution in [0.1, 0.15) is 5.56 Å². The number of anilines is 2. The van der Waals surface area contributed by atoms with Crippen molar-refractivity contribution in [1.29, 1.82) is 0 Å². The predicted octanol–water partition coefficient (Wildman–Crippen LogP) is 3.68. The molecule has 158 valence electrons. The summed E-state index contributed by atoms with van der Waals surface area (Å²) in [5, 5.41) is 2.71. The fraction of sp³-hybridized carbons (Fsp3) is 0.278. The van der Waals surface area contributed by atoms with Crippen molar-refractivity contribution in [1.82, 2.24) is 4.31 Å². The van der Waals surface area contributed by atoms with Crippen molar-refractivity contribution in [3.8, 4) is 0 Å². The molecule has 2 aromatic rings. The second-order valence-corrected chi connectivity index (χ2v) is 8.87. The highest BCUT2D eigenvalue weighted by Gasteiger charge is 2.31. The molecule has 0 atom stereocenters. The Morgan fingerprint density at radius 2 is 1.66 bits per heavy atom. The van der Waals surface area contributed by atoms with Crippen LogP contribution in [0, 0.1) is 0 Å². The van der Waals surface area contributed by atoms with Gasteiger partial charge in [-0.05, 0) is 42.5 Å². The van der Waals surface area contributed by atoms with Gasteiger partial charge in [-0.1, -0.05) is 11.6 Å². The zero-order chi connectivity index (χ0) is 22.0.